The van der Waals surface area contributed by atoms with Crippen molar-refractivity contribution in [1.29, 1.82) is 0 Å². The number of carboxylic acid groups (broad SMARTS) is 1. The number of hydrogen-bond donors (Lipinski definition) is 1. The number of rotatable bonds is 5. The molecular weight excluding hydrogens is 247 g/mol. The molecule has 4 heteroatoms. The molecule has 0 spiro atoms. The average molecular weight is 260 g/mol. The Morgan fingerprint density at radius 1 is 1.11 bits per heavy atom. The van der Waals surface area contributed by atoms with Crippen molar-refractivity contribution >= 4 is 5.97 Å². The van der Waals surface area contributed by atoms with E-state index in [1.54, 1.807) is 42.5 Å². The third-order valence-electron chi connectivity index (χ3n) is 2.62. The second kappa shape index (κ2) is 6.00. The Kier molecular flexibility index (Phi) is 4.13. The first kappa shape index (κ1) is 13.1. The predicted molar refractivity (Wildman–Crippen MR) is 68.9 cm³/mol. The van der Waals surface area contributed by atoms with E-state index in [1.807, 2.05) is 0 Å². The third kappa shape index (κ3) is 3.81. The molecule has 0 amide bonds. The SMILES string of the molecule is O=C(O)CCc1ccc(Oc2ccccc2F)cc1. The topological polar surface area (TPSA) is 46.5 Å². The summed E-state index contributed by atoms with van der Waals surface area (Å²) in [4.78, 5) is 10.5. The van der Waals surface area contributed by atoms with Crippen LogP contribution in [0.2, 0.25) is 0 Å². The number of aliphatic carboxylic acids is 1. The number of halogens is 1. The maximum atomic E-state index is 13.4. The number of carbonyl (C=O) groups is 1. The van der Waals surface area contributed by atoms with Crippen LogP contribution in [0.1, 0.15) is 12.0 Å². The molecule has 0 aliphatic rings. The summed E-state index contributed by atoms with van der Waals surface area (Å²) < 4.78 is 18.8. The van der Waals surface area contributed by atoms with Crippen LogP contribution < -0.4 is 4.74 Å². The van der Waals surface area contributed by atoms with E-state index >= 15 is 0 Å². The molecule has 0 radical (unpaired) electrons. The summed E-state index contributed by atoms with van der Waals surface area (Å²) in [6.45, 7) is 0. The summed E-state index contributed by atoms with van der Waals surface area (Å²) in [6.07, 6.45) is 0.558. The Hall–Kier alpha value is -2.36. The lowest BCUT2D eigenvalue weighted by Crippen LogP contribution is -1.97. The Labute approximate surface area is 110 Å². The quantitative estimate of drug-likeness (QED) is 0.892. The molecule has 2 rings (SSSR count). The van der Waals surface area contributed by atoms with Gasteiger partial charge in [0, 0.05) is 6.42 Å². The zero-order valence-corrected chi connectivity index (χ0v) is 10.2. The van der Waals surface area contributed by atoms with Gasteiger partial charge in [0.2, 0.25) is 0 Å². The highest BCUT2D eigenvalue weighted by molar-refractivity contribution is 5.67. The van der Waals surface area contributed by atoms with Crippen molar-refractivity contribution < 1.29 is 19.0 Å². The maximum Gasteiger partial charge on any atom is 0.303 e. The molecule has 2 aromatic carbocycles. The Morgan fingerprint density at radius 2 is 1.79 bits per heavy atom. The van der Waals surface area contributed by atoms with E-state index in [-0.39, 0.29) is 12.2 Å². The molecule has 0 saturated carbocycles. The molecular formula is C15H13FO3. The molecule has 0 saturated heterocycles. The first-order valence-electron chi connectivity index (χ1n) is 5.88. The normalized spacial score (nSPS) is 10.2. The predicted octanol–water partition coefficient (Wildman–Crippen LogP) is 3.64. The van der Waals surface area contributed by atoms with Crippen LogP contribution in [0.5, 0.6) is 11.5 Å². The fraction of sp³-hybridized carbons (Fsp3) is 0.133. The number of carboxylic acids is 1. The van der Waals surface area contributed by atoms with E-state index < -0.39 is 11.8 Å². The van der Waals surface area contributed by atoms with Crippen LogP contribution >= 0.6 is 0 Å². The second-order valence-corrected chi connectivity index (χ2v) is 4.07. The molecule has 0 heterocycles. The number of ether oxygens (including phenoxy) is 1. The molecule has 98 valence electrons. The molecule has 0 bridgehead atoms. The number of aryl methyl sites for hydroxylation is 1. The van der Waals surface area contributed by atoms with E-state index in [4.69, 9.17) is 9.84 Å². The summed E-state index contributed by atoms with van der Waals surface area (Å²) in [6, 6.07) is 13.1. The van der Waals surface area contributed by atoms with Gasteiger partial charge in [0.1, 0.15) is 5.75 Å². The highest BCUT2D eigenvalue weighted by atomic mass is 19.1. The minimum absolute atomic E-state index is 0.0908. The van der Waals surface area contributed by atoms with Gasteiger partial charge < -0.3 is 9.84 Å². The highest BCUT2D eigenvalue weighted by Crippen LogP contribution is 2.24. The standard InChI is InChI=1S/C15H13FO3/c16-13-3-1-2-4-14(13)19-12-8-5-11(6-9-12)7-10-15(17)18/h1-6,8-9H,7,10H2,(H,17,18). The fourth-order valence-corrected chi connectivity index (χ4v) is 1.63. The Bertz CT molecular complexity index is 564. The molecule has 0 aliphatic heterocycles. The molecule has 0 aliphatic carbocycles. The first-order chi connectivity index (χ1) is 9.15. The number of hydrogen-bond acceptors (Lipinski definition) is 2. The van der Waals surface area contributed by atoms with Crippen LogP contribution in [-0.2, 0) is 11.2 Å². The minimum atomic E-state index is -0.827. The van der Waals surface area contributed by atoms with E-state index in [0.29, 0.717) is 12.2 Å². The zero-order chi connectivity index (χ0) is 13.7. The van der Waals surface area contributed by atoms with Crippen molar-refractivity contribution in [1.82, 2.24) is 0 Å². The van der Waals surface area contributed by atoms with Crippen molar-refractivity contribution in [3.8, 4) is 11.5 Å². The van der Waals surface area contributed by atoms with Gasteiger partial charge in [-0.2, -0.15) is 0 Å². The van der Waals surface area contributed by atoms with E-state index in [0.717, 1.165) is 5.56 Å². The molecule has 0 unspecified atom stereocenters. The molecule has 1 N–H and O–H groups in total. The van der Waals surface area contributed by atoms with Crippen molar-refractivity contribution in [3.63, 3.8) is 0 Å². The van der Waals surface area contributed by atoms with Gasteiger partial charge in [0.15, 0.2) is 11.6 Å². The van der Waals surface area contributed by atoms with Crippen LogP contribution in [0.15, 0.2) is 48.5 Å². The zero-order valence-electron chi connectivity index (χ0n) is 10.2. The largest absolute Gasteiger partial charge is 0.481 e. The van der Waals surface area contributed by atoms with Crippen molar-refractivity contribution in [2.45, 2.75) is 12.8 Å². The third-order valence-corrected chi connectivity index (χ3v) is 2.62. The van der Waals surface area contributed by atoms with E-state index in [1.165, 1.54) is 6.07 Å². The van der Waals surface area contributed by atoms with Crippen LogP contribution in [0.25, 0.3) is 0 Å². The molecule has 0 atom stereocenters. The Balaban J connectivity index is 2.03. The highest BCUT2D eigenvalue weighted by Gasteiger charge is 2.04. The fourth-order valence-electron chi connectivity index (χ4n) is 1.63. The van der Waals surface area contributed by atoms with Gasteiger partial charge in [-0.15, -0.1) is 0 Å². The van der Waals surface area contributed by atoms with Gasteiger partial charge in [-0.25, -0.2) is 4.39 Å². The summed E-state index contributed by atoms with van der Waals surface area (Å²) in [7, 11) is 0. The maximum absolute atomic E-state index is 13.4. The summed E-state index contributed by atoms with van der Waals surface area (Å²) in [5.74, 6) is -0.561. The molecule has 0 fully saturated rings. The Morgan fingerprint density at radius 3 is 2.42 bits per heavy atom. The molecule has 3 nitrogen and oxygen atoms in total. The van der Waals surface area contributed by atoms with E-state index in [9.17, 15) is 9.18 Å². The minimum Gasteiger partial charge on any atom is -0.481 e. The molecule has 19 heavy (non-hydrogen) atoms. The number of benzene rings is 2. The van der Waals surface area contributed by atoms with Crippen molar-refractivity contribution in [2.75, 3.05) is 0 Å². The average Bonchev–Trinajstić information content (AvgIpc) is 2.40. The van der Waals surface area contributed by atoms with Gasteiger partial charge in [-0.3, -0.25) is 4.79 Å². The van der Waals surface area contributed by atoms with Crippen LogP contribution in [0.4, 0.5) is 4.39 Å². The second-order valence-electron chi connectivity index (χ2n) is 4.07. The van der Waals surface area contributed by atoms with E-state index in [2.05, 4.69) is 0 Å². The van der Waals surface area contributed by atoms with Gasteiger partial charge in [-0.1, -0.05) is 24.3 Å². The van der Waals surface area contributed by atoms with Crippen molar-refractivity contribution in [2.24, 2.45) is 0 Å². The summed E-state index contributed by atoms with van der Waals surface area (Å²) >= 11 is 0. The lowest BCUT2D eigenvalue weighted by molar-refractivity contribution is -0.136. The van der Waals surface area contributed by atoms with Gasteiger partial charge >= 0.3 is 5.97 Å². The van der Waals surface area contributed by atoms with Gasteiger partial charge in [0.05, 0.1) is 0 Å². The van der Waals surface area contributed by atoms with Crippen LogP contribution in [0, 0.1) is 5.82 Å². The first-order valence-corrected chi connectivity index (χ1v) is 5.88. The lowest BCUT2D eigenvalue weighted by Gasteiger charge is -2.07. The summed E-state index contributed by atoms with van der Waals surface area (Å²) in [5.41, 5.74) is 0.906. The van der Waals surface area contributed by atoms with Crippen LogP contribution in [-0.4, -0.2) is 11.1 Å². The molecule has 0 aromatic heterocycles. The molecule has 2 aromatic rings. The van der Waals surface area contributed by atoms with Crippen LogP contribution in [0.3, 0.4) is 0 Å². The smallest absolute Gasteiger partial charge is 0.303 e. The van der Waals surface area contributed by atoms with Crippen molar-refractivity contribution in [3.05, 3.63) is 59.9 Å². The summed E-state index contributed by atoms with van der Waals surface area (Å²) in [5, 5.41) is 8.59. The number of para-hydroxylation sites is 1. The van der Waals surface area contributed by atoms with Gasteiger partial charge in [-0.05, 0) is 36.2 Å². The van der Waals surface area contributed by atoms with Gasteiger partial charge in [0.25, 0.3) is 0 Å². The lowest BCUT2D eigenvalue weighted by atomic mass is 10.1. The monoisotopic (exact) mass is 260 g/mol.